The van der Waals surface area contributed by atoms with Gasteiger partial charge in [0.25, 0.3) is 0 Å². The summed E-state index contributed by atoms with van der Waals surface area (Å²) in [7, 11) is 0. The van der Waals surface area contributed by atoms with Crippen LogP contribution in [-0.2, 0) is 18.9 Å². The zero-order chi connectivity index (χ0) is 43.1. The second kappa shape index (κ2) is 24.6. The second-order valence-corrected chi connectivity index (χ2v) is 19.6. The first-order valence-corrected chi connectivity index (χ1v) is 23.0. The number of hydrogen-bond donors (Lipinski definition) is 0. The molecule has 2 fully saturated rings. The second-order valence-electron chi connectivity index (χ2n) is 19.6. The average Bonchev–Trinajstić information content (AvgIpc) is 3.82. The molecule has 2 saturated heterocycles. The van der Waals surface area contributed by atoms with Gasteiger partial charge >= 0.3 is 12.3 Å². The average molecular weight is 797 g/mol. The molecule has 0 spiro atoms. The Kier molecular flexibility index (Phi) is 21.8. The molecule has 0 aromatic rings. The van der Waals surface area contributed by atoms with Crippen molar-refractivity contribution in [2.45, 2.75) is 162 Å². The minimum atomic E-state index is -0.546. The molecule has 2 rings (SSSR count). The van der Waals surface area contributed by atoms with Crippen LogP contribution in [0.25, 0.3) is 0 Å². The zero-order valence-corrected chi connectivity index (χ0v) is 39.7. The molecule has 0 aromatic heterocycles. The lowest BCUT2D eigenvalue weighted by Crippen LogP contribution is -2.27. The van der Waals surface area contributed by atoms with Gasteiger partial charge < -0.3 is 18.9 Å². The van der Waals surface area contributed by atoms with E-state index < -0.39 is 12.3 Å². The van der Waals surface area contributed by atoms with Crippen molar-refractivity contribution in [3.05, 3.63) is 47.6 Å². The van der Waals surface area contributed by atoms with Gasteiger partial charge in [0.05, 0.1) is 0 Å². The van der Waals surface area contributed by atoms with Crippen LogP contribution in [0.5, 0.6) is 0 Å². The fourth-order valence-electron chi connectivity index (χ4n) is 9.09. The number of rotatable bonds is 25. The molecular formula is C51H88O6. The normalized spacial score (nSPS) is 26.2. The van der Waals surface area contributed by atoms with Gasteiger partial charge in [0, 0.05) is 6.42 Å². The highest BCUT2D eigenvalue weighted by atomic mass is 16.8. The fourth-order valence-corrected chi connectivity index (χ4v) is 9.09. The summed E-state index contributed by atoms with van der Waals surface area (Å²) in [6, 6.07) is 0. The number of carbonyl (C=O) groups is 2. The van der Waals surface area contributed by atoms with Crippen LogP contribution in [0.2, 0.25) is 0 Å². The zero-order valence-electron chi connectivity index (χ0n) is 39.7. The van der Waals surface area contributed by atoms with Gasteiger partial charge in [0.1, 0.15) is 25.4 Å². The van der Waals surface area contributed by atoms with E-state index in [1.165, 1.54) is 5.57 Å². The van der Waals surface area contributed by atoms with Crippen molar-refractivity contribution in [3.8, 4) is 0 Å². The molecule has 6 nitrogen and oxygen atoms in total. The van der Waals surface area contributed by atoms with Gasteiger partial charge in [0.2, 0.25) is 0 Å². The minimum absolute atomic E-state index is 0.0997. The van der Waals surface area contributed by atoms with Crippen molar-refractivity contribution in [1.82, 2.24) is 0 Å². The summed E-state index contributed by atoms with van der Waals surface area (Å²) < 4.78 is 20.2. The Morgan fingerprint density at radius 1 is 0.526 bits per heavy atom. The van der Waals surface area contributed by atoms with Crippen LogP contribution in [0.1, 0.15) is 150 Å². The first-order chi connectivity index (χ1) is 26.7. The van der Waals surface area contributed by atoms with Crippen LogP contribution in [0.15, 0.2) is 47.6 Å². The third-order valence-corrected chi connectivity index (χ3v) is 16.3. The predicted molar refractivity (Wildman–Crippen MR) is 239 cm³/mol. The molecule has 0 amide bonds. The standard InChI is InChI=1S/C51H88O6/c1-31(21-18-19-23-48-29-54-50(52)56-48)37(7)43(13)39(9)33(3)25-26-34(4)41(11)46(16)47(17)42(12)36(6)28-27-35(5)40(10)45(15)44(14)38(8)32(2)22-20-24-49-30-55-51(53)57-49/h18,20-22,26-27,31-33,36-49H,19,23-25,28-30H2,1-17H3. The monoisotopic (exact) mass is 797 g/mol. The summed E-state index contributed by atoms with van der Waals surface area (Å²) in [5, 5.41) is 0. The van der Waals surface area contributed by atoms with E-state index in [4.69, 9.17) is 18.9 Å². The van der Waals surface area contributed by atoms with Gasteiger partial charge in [-0.25, -0.2) is 9.59 Å². The fraction of sp³-hybridized carbons (Fsp3) is 0.804. The molecule has 17 atom stereocenters. The summed E-state index contributed by atoms with van der Waals surface area (Å²) in [5.41, 5.74) is 3.07. The van der Waals surface area contributed by atoms with Crippen LogP contribution >= 0.6 is 0 Å². The molecular weight excluding hydrogens is 709 g/mol. The van der Waals surface area contributed by atoms with Gasteiger partial charge in [-0.3, -0.25) is 0 Å². The Balaban J connectivity index is 1.85. The number of cyclic esters (lactones) is 4. The molecule has 0 bridgehead atoms. The van der Waals surface area contributed by atoms with E-state index in [2.05, 4.69) is 154 Å². The van der Waals surface area contributed by atoms with Crippen molar-refractivity contribution in [2.24, 2.45) is 88.8 Å². The molecule has 0 aliphatic carbocycles. The first-order valence-electron chi connectivity index (χ1n) is 23.0. The van der Waals surface area contributed by atoms with Crippen LogP contribution in [0, 0.1) is 88.8 Å². The van der Waals surface area contributed by atoms with Crippen molar-refractivity contribution in [3.63, 3.8) is 0 Å². The molecule has 6 heteroatoms. The Labute approximate surface area is 351 Å². The quantitative estimate of drug-likeness (QED) is 0.0677. The highest BCUT2D eigenvalue weighted by Gasteiger charge is 2.31. The number of hydrogen-bond acceptors (Lipinski definition) is 6. The summed E-state index contributed by atoms with van der Waals surface area (Å²) in [6.45, 7) is 41.9. The molecule has 0 radical (unpaired) electrons. The highest BCUT2D eigenvalue weighted by Crippen LogP contribution is 2.39. The van der Waals surface area contributed by atoms with E-state index in [0.717, 1.165) is 25.7 Å². The van der Waals surface area contributed by atoms with Crippen molar-refractivity contribution < 1.29 is 28.5 Å². The summed E-state index contributed by atoms with van der Waals surface area (Å²) in [5.74, 6) is 8.78. The van der Waals surface area contributed by atoms with Gasteiger partial charge in [-0.2, -0.15) is 0 Å². The number of ether oxygens (including phenoxy) is 4. The third kappa shape index (κ3) is 15.9. The van der Waals surface area contributed by atoms with Crippen molar-refractivity contribution in [2.75, 3.05) is 13.2 Å². The summed E-state index contributed by atoms with van der Waals surface area (Å²) in [4.78, 5) is 22.4. The Hall–Kier alpha value is -2.50. The Bertz CT molecular complexity index is 1330. The maximum absolute atomic E-state index is 11.2. The van der Waals surface area contributed by atoms with Crippen LogP contribution in [-0.4, -0.2) is 37.7 Å². The SMILES string of the molecule is CC(=CCC(C)C(C)C(C)C(C)C(C)C(C)=CCC(C)C(C)C(C)C(C)C(C)C=CCCC1COC(=O)O1)C(C)C(C)C(C)C(C)C(C)C=CCC1COC(=O)O1. The lowest BCUT2D eigenvalue weighted by Gasteiger charge is -2.35. The minimum Gasteiger partial charge on any atom is -0.430 e. The lowest BCUT2D eigenvalue weighted by molar-refractivity contribution is 0.116. The molecule has 2 aliphatic heterocycles. The van der Waals surface area contributed by atoms with Crippen LogP contribution in [0.4, 0.5) is 9.59 Å². The topological polar surface area (TPSA) is 71.1 Å². The van der Waals surface area contributed by atoms with Gasteiger partial charge in [-0.1, -0.05) is 151 Å². The lowest BCUT2D eigenvalue weighted by atomic mass is 9.70. The van der Waals surface area contributed by atoms with Crippen LogP contribution in [0.3, 0.4) is 0 Å². The molecule has 328 valence electrons. The van der Waals surface area contributed by atoms with E-state index in [1.54, 1.807) is 5.57 Å². The molecule has 57 heavy (non-hydrogen) atoms. The van der Waals surface area contributed by atoms with Gasteiger partial charge in [0.15, 0.2) is 0 Å². The van der Waals surface area contributed by atoms with Crippen molar-refractivity contribution >= 4 is 12.3 Å². The maximum Gasteiger partial charge on any atom is 0.508 e. The molecule has 2 heterocycles. The Morgan fingerprint density at radius 3 is 1.33 bits per heavy atom. The highest BCUT2D eigenvalue weighted by molar-refractivity contribution is 5.62. The van der Waals surface area contributed by atoms with E-state index in [-0.39, 0.29) is 12.2 Å². The predicted octanol–water partition coefficient (Wildman–Crippen LogP) is 14.6. The molecule has 0 aromatic carbocycles. The molecule has 17 unspecified atom stereocenters. The Morgan fingerprint density at radius 2 is 0.912 bits per heavy atom. The largest absolute Gasteiger partial charge is 0.508 e. The first kappa shape index (κ1) is 50.6. The smallest absolute Gasteiger partial charge is 0.430 e. The number of carbonyl (C=O) groups excluding carboxylic acids is 2. The van der Waals surface area contributed by atoms with Gasteiger partial charge in [-0.05, 0) is 128 Å². The van der Waals surface area contributed by atoms with Crippen molar-refractivity contribution in [1.29, 1.82) is 0 Å². The van der Waals surface area contributed by atoms with E-state index in [0.29, 0.717) is 108 Å². The molecule has 2 aliphatic rings. The third-order valence-electron chi connectivity index (χ3n) is 16.3. The molecule has 0 N–H and O–H groups in total. The molecule has 0 saturated carbocycles. The summed E-state index contributed by atoms with van der Waals surface area (Å²) >= 11 is 0. The van der Waals surface area contributed by atoms with Gasteiger partial charge in [-0.15, -0.1) is 0 Å². The van der Waals surface area contributed by atoms with Crippen LogP contribution < -0.4 is 0 Å². The number of allylic oxidation sites excluding steroid dienone is 7. The van der Waals surface area contributed by atoms with E-state index >= 15 is 0 Å². The van der Waals surface area contributed by atoms with E-state index in [1.807, 2.05) is 0 Å². The van der Waals surface area contributed by atoms with E-state index in [9.17, 15) is 9.59 Å². The maximum atomic E-state index is 11.2. The summed E-state index contributed by atoms with van der Waals surface area (Å²) in [6.07, 6.45) is 17.6.